The normalized spacial score (nSPS) is 22.4. The van der Waals surface area contributed by atoms with E-state index < -0.39 is 17.8 Å². The van der Waals surface area contributed by atoms with Crippen molar-refractivity contribution in [3.05, 3.63) is 46.9 Å². The van der Waals surface area contributed by atoms with Gasteiger partial charge in [0.05, 0.1) is 29.2 Å². The van der Waals surface area contributed by atoms with Gasteiger partial charge < -0.3 is 9.47 Å². The van der Waals surface area contributed by atoms with Crippen LogP contribution in [0, 0.1) is 5.82 Å². The first kappa shape index (κ1) is 18.6. The van der Waals surface area contributed by atoms with Crippen molar-refractivity contribution in [2.24, 2.45) is 4.99 Å². The monoisotopic (exact) mass is 378 g/mol. The highest BCUT2D eigenvalue weighted by atomic mass is 32.2. The predicted molar refractivity (Wildman–Crippen MR) is 96.0 cm³/mol. The first-order chi connectivity index (χ1) is 12.4. The lowest BCUT2D eigenvalue weighted by Gasteiger charge is -2.33. The third kappa shape index (κ3) is 3.39. The lowest BCUT2D eigenvalue weighted by Crippen LogP contribution is -2.40. The average molecular weight is 378 g/mol. The van der Waals surface area contributed by atoms with Crippen molar-refractivity contribution in [2.75, 3.05) is 20.3 Å². The van der Waals surface area contributed by atoms with Crippen molar-refractivity contribution < 1.29 is 23.5 Å². The Balaban J connectivity index is 2.05. The van der Waals surface area contributed by atoms with Crippen LogP contribution in [0.4, 0.5) is 4.39 Å². The number of nitrogens with zero attached hydrogens (tertiary/aromatic N) is 2. The van der Waals surface area contributed by atoms with Gasteiger partial charge in [-0.2, -0.15) is 0 Å². The number of rotatable bonds is 5. The third-order valence-electron chi connectivity index (χ3n) is 4.16. The van der Waals surface area contributed by atoms with Crippen LogP contribution in [0.25, 0.3) is 0 Å². The molecule has 0 saturated carbocycles. The molecule has 1 aromatic carbocycles. The Bertz CT molecular complexity index is 808. The summed E-state index contributed by atoms with van der Waals surface area (Å²) in [6, 6.07) is 5.12. The number of hydrogen-bond acceptors (Lipinski definition) is 6. The number of halogens is 1. The molecule has 138 valence electrons. The van der Waals surface area contributed by atoms with E-state index in [2.05, 4.69) is 4.99 Å². The molecule has 2 aliphatic heterocycles. The summed E-state index contributed by atoms with van der Waals surface area (Å²) in [5, 5.41) is 0.198. The zero-order chi connectivity index (χ0) is 18.8. The summed E-state index contributed by atoms with van der Waals surface area (Å²) in [5.41, 5.74) is 1.19. The van der Waals surface area contributed by atoms with Gasteiger partial charge in [0.15, 0.2) is 5.17 Å². The minimum absolute atomic E-state index is 0.0810. The number of amides is 1. The van der Waals surface area contributed by atoms with Gasteiger partial charge in [-0.25, -0.2) is 14.2 Å². The Kier molecular flexibility index (Phi) is 5.43. The number of ether oxygens (including phenoxy) is 2. The molecule has 1 saturated heterocycles. The minimum Gasteiger partial charge on any atom is -0.460 e. The summed E-state index contributed by atoms with van der Waals surface area (Å²) in [5.74, 6) is -1.20. The number of hydrogen-bond donors (Lipinski definition) is 0. The molecular formula is C18H19FN2O4S. The quantitative estimate of drug-likeness (QED) is 0.582. The number of fused-ring (bicyclic) bond motifs is 1. The zero-order valence-corrected chi connectivity index (χ0v) is 15.5. The van der Waals surface area contributed by atoms with Crippen LogP contribution in [-0.2, 0) is 19.1 Å². The summed E-state index contributed by atoms with van der Waals surface area (Å²) < 4.78 is 24.0. The van der Waals surface area contributed by atoms with Gasteiger partial charge in [0.2, 0.25) is 5.91 Å². The van der Waals surface area contributed by atoms with Crippen LogP contribution in [0.15, 0.2) is 40.5 Å². The van der Waals surface area contributed by atoms with Crippen molar-refractivity contribution >= 4 is 28.8 Å². The lowest BCUT2D eigenvalue weighted by molar-refractivity contribution is -0.141. The third-order valence-corrected chi connectivity index (χ3v) is 5.22. The Morgan fingerprint density at radius 3 is 2.85 bits per heavy atom. The molecular weight excluding hydrogens is 359 g/mol. The van der Waals surface area contributed by atoms with Gasteiger partial charge in [-0.05, 0) is 31.5 Å². The van der Waals surface area contributed by atoms with Crippen molar-refractivity contribution in [1.29, 1.82) is 0 Å². The molecule has 2 heterocycles. The van der Waals surface area contributed by atoms with Gasteiger partial charge in [-0.15, -0.1) is 0 Å². The molecule has 6 nitrogen and oxygen atoms in total. The van der Waals surface area contributed by atoms with E-state index in [-0.39, 0.29) is 29.9 Å². The number of carbonyl (C=O) groups excluding carboxylic acids is 2. The Morgan fingerprint density at radius 2 is 2.15 bits per heavy atom. The van der Waals surface area contributed by atoms with Crippen LogP contribution in [0.2, 0.25) is 0 Å². The number of carbonyl (C=O) groups is 2. The number of amidine groups is 1. The van der Waals surface area contributed by atoms with Gasteiger partial charge in [-0.1, -0.05) is 23.9 Å². The molecule has 2 atom stereocenters. The SMILES string of the molecule is COCCOC(=O)C1=C(C)N=C2S[C@@H](C)C(=O)N2[C@@H]1c1cccc(F)c1. The maximum atomic E-state index is 13.8. The molecule has 3 rings (SSSR count). The highest BCUT2D eigenvalue weighted by molar-refractivity contribution is 8.15. The van der Waals surface area contributed by atoms with E-state index in [1.165, 1.54) is 35.9 Å². The van der Waals surface area contributed by atoms with Crippen LogP contribution in [0.5, 0.6) is 0 Å². The number of thioether (sulfide) groups is 1. The van der Waals surface area contributed by atoms with Crippen LogP contribution in [-0.4, -0.2) is 47.5 Å². The molecule has 0 bridgehead atoms. The highest BCUT2D eigenvalue weighted by Crippen LogP contribution is 2.43. The highest BCUT2D eigenvalue weighted by Gasteiger charge is 2.46. The number of aliphatic imine (C=N–C) groups is 1. The average Bonchev–Trinajstić information content (AvgIpc) is 2.87. The molecule has 8 heteroatoms. The molecule has 0 aromatic heterocycles. The maximum absolute atomic E-state index is 13.8. The van der Waals surface area contributed by atoms with Gasteiger partial charge in [0, 0.05) is 7.11 Å². The van der Waals surface area contributed by atoms with Crippen molar-refractivity contribution in [3.8, 4) is 0 Å². The molecule has 0 radical (unpaired) electrons. The second-order valence-electron chi connectivity index (χ2n) is 5.95. The molecule has 1 aromatic rings. The second-order valence-corrected chi connectivity index (χ2v) is 7.26. The minimum atomic E-state index is -0.766. The maximum Gasteiger partial charge on any atom is 0.338 e. The molecule has 26 heavy (non-hydrogen) atoms. The van der Waals surface area contributed by atoms with E-state index in [1.807, 2.05) is 0 Å². The van der Waals surface area contributed by atoms with E-state index in [4.69, 9.17) is 9.47 Å². The summed E-state index contributed by atoms with van der Waals surface area (Å²) in [7, 11) is 1.51. The zero-order valence-electron chi connectivity index (χ0n) is 14.7. The van der Waals surface area contributed by atoms with E-state index in [1.54, 1.807) is 26.0 Å². The van der Waals surface area contributed by atoms with Crippen LogP contribution >= 0.6 is 11.8 Å². The van der Waals surface area contributed by atoms with Crippen LogP contribution in [0.1, 0.15) is 25.5 Å². The van der Waals surface area contributed by atoms with Crippen molar-refractivity contribution in [1.82, 2.24) is 4.90 Å². The second kappa shape index (κ2) is 7.59. The Morgan fingerprint density at radius 1 is 1.38 bits per heavy atom. The molecule has 1 fully saturated rings. The summed E-state index contributed by atoms with van der Waals surface area (Å²) in [6.45, 7) is 3.81. The summed E-state index contributed by atoms with van der Waals surface area (Å²) >= 11 is 1.33. The van der Waals surface area contributed by atoms with Crippen LogP contribution in [0.3, 0.4) is 0 Å². The first-order valence-electron chi connectivity index (χ1n) is 8.14. The van der Waals surface area contributed by atoms with Gasteiger partial charge in [0.25, 0.3) is 0 Å². The smallest absolute Gasteiger partial charge is 0.338 e. The fourth-order valence-electron chi connectivity index (χ4n) is 2.95. The molecule has 0 unspecified atom stereocenters. The number of esters is 1. The lowest BCUT2D eigenvalue weighted by atomic mass is 9.94. The molecule has 2 aliphatic rings. The van der Waals surface area contributed by atoms with Gasteiger partial charge in [0.1, 0.15) is 12.4 Å². The van der Waals surface area contributed by atoms with Gasteiger partial charge >= 0.3 is 5.97 Å². The topological polar surface area (TPSA) is 68.2 Å². The number of allylic oxidation sites excluding steroid dienone is 1. The number of methoxy groups -OCH3 is 1. The summed E-state index contributed by atoms with van der Waals surface area (Å²) in [6.07, 6.45) is 0. The van der Waals surface area contributed by atoms with E-state index in [0.717, 1.165) is 0 Å². The fourth-order valence-corrected chi connectivity index (χ4v) is 3.98. The molecule has 1 amide bonds. The predicted octanol–water partition coefficient (Wildman–Crippen LogP) is 2.66. The molecule has 0 N–H and O–H groups in total. The Labute approximate surface area is 155 Å². The standard InChI is InChI=1S/C18H19FN2O4S/c1-10-14(17(23)25-8-7-24-3)15(12-5-4-6-13(19)9-12)21-16(22)11(2)26-18(21)20-10/h4-6,9,11,15H,7-8H2,1-3H3/t11-,15+/m0/s1. The van der Waals surface area contributed by atoms with E-state index >= 15 is 0 Å². The Hall–Kier alpha value is -2.19. The molecule has 0 aliphatic carbocycles. The van der Waals surface area contributed by atoms with Gasteiger partial charge in [-0.3, -0.25) is 9.69 Å². The molecule has 0 spiro atoms. The van der Waals surface area contributed by atoms with E-state index in [0.29, 0.717) is 16.4 Å². The van der Waals surface area contributed by atoms with Crippen molar-refractivity contribution in [2.45, 2.75) is 25.1 Å². The van der Waals surface area contributed by atoms with Crippen molar-refractivity contribution in [3.63, 3.8) is 0 Å². The largest absolute Gasteiger partial charge is 0.460 e. The van der Waals surface area contributed by atoms with Crippen LogP contribution < -0.4 is 0 Å². The first-order valence-corrected chi connectivity index (χ1v) is 9.02. The summed E-state index contributed by atoms with van der Waals surface area (Å²) in [4.78, 5) is 31.2. The van der Waals surface area contributed by atoms with E-state index in [9.17, 15) is 14.0 Å². The fraction of sp³-hybridized carbons (Fsp3) is 0.389. The number of benzene rings is 1.